The van der Waals surface area contributed by atoms with Crippen molar-refractivity contribution in [3.8, 4) is 0 Å². The smallest absolute Gasteiger partial charge is 0.399 e. The Bertz CT molecular complexity index is 849. The number of ketones is 1. The number of alkyl halides is 3. The number of hydrogen-bond acceptors (Lipinski definition) is 4. The molecule has 0 radical (unpaired) electrons. The second-order valence-corrected chi connectivity index (χ2v) is 7.41. The first kappa shape index (κ1) is 17.5. The number of benzene rings is 1. The molecule has 4 rings (SSSR count). The first-order valence-electron chi connectivity index (χ1n) is 7.90. The van der Waals surface area contributed by atoms with Crippen LogP contribution in [0.2, 0.25) is 5.02 Å². The number of Topliss-reactive ketones (excluding diaryl/α,β-unsaturated/α-hetero) is 1. The van der Waals surface area contributed by atoms with Crippen molar-refractivity contribution in [1.29, 1.82) is 0 Å². The molecule has 2 heterocycles. The van der Waals surface area contributed by atoms with Gasteiger partial charge in [-0.2, -0.15) is 13.2 Å². The van der Waals surface area contributed by atoms with E-state index in [-0.39, 0.29) is 5.56 Å². The first-order chi connectivity index (χ1) is 12.1. The summed E-state index contributed by atoms with van der Waals surface area (Å²) >= 11 is 5.81. The minimum absolute atomic E-state index is 0.0419. The van der Waals surface area contributed by atoms with Crippen molar-refractivity contribution >= 4 is 23.4 Å². The van der Waals surface area contributed by atoms with Crippen molar-refractivity contribution in [2.75, 3.05) is 7.11 Å². The van der Waals surface area contributed by atoms with E-state index in [4.69, 9.17) is 16.3 Å². The molecule has 2 fully saturated rings. The summed E-state index contributed by atoms with van der Waals surface area (Å²) in [6, 6.07) is 5.55. The average Bonchev–Trinajstić information content (AvgIpc) is 3.02. The number of esters is 1. The summed E-state index contributed by atoms with van der Waals surface area (Å²) in [7, 11) is 1.01. The fourth-order valence-corrected chi connectivity index (χ4v) is 5.19. The highest BCUT2D eigenvalue weighted by Gasteiger charge is 3.03. The van der Waals surface area contributed by atoms with Crippen LogP contribution in [0.15, 0.2) is 36.4 Å². The molecule has 0 aromatic heterocycles. The predicted octanol–water partition coefficient (Wildman–Crippen LogP) is 3.59. The number of carbonyl (C=O) groups is 2. The van der Waals surface area contributed by atoms with Gasteiger partial charge in [0.1, 0.15) is 5.41 Å². The lowest BCUT2D eigenvalue weighted by molar-refractivity contribution is -0.212. The van der Waals surface area contributed by atoms with Crippen molar-refractivity contribution in [3.63, 3.8) is 0 Å². The molecule has 0 spiro atoms. The lowest BCUT2D eigenvalue weighted by atomic mass is 9.71. The van der Waals surface area contributed by atoms with Crippen LogP contribution in [0, 0.1) is 16.7 Å². The summed E-state index contributed by atoms with van der Waals surface area (Å²) in [6.07, 6.45) is -3.52. The zero-order valence-electron chi connectivity index (χ0n) is 13.8. The van der Waals surface area contributed by atoms with Gasteiger partial charge in [0.25, 0.3) is 0 Å². The Morgan fingerprint density at radius 2 is 1.85 bits per heavy atom. The lowest BCUT2D eigenvalue weighted by Crippen LogP contribution is -2.44. The molecule has 3 aliphatic rings. The van der Waals surface area contributed by atoms with E-state index in [1.807, 2.05) is 0 Å². The van der Waals surface area contributed by atoms with E-state index in [1.165, 1.54) is 43.3 Å². The fraction of sp³-hybridized carbons (Fsp3) is 0.444. The maximum Gasteiger partial charge on any atom is 0.399 e. The minimum atomic E-state index is -4.83. The van der Waals surface area contributed by atoms with E-state index in [9.17, 15) is 22.8 Å². The van der Waals surface area contributed by atoms with Crippen molar-refractivity contribution < 1.29 is 32.2 Å². The highest BCUT2D eigenvalue weighted by Crippen LogP contribution is 2.88. The first-order valence-corrected chi connectivity index (χ1v) is 8.28. The topological polar surface area (TPSA) is 52.6 Å². The molecule has 8 heteroatoms. The molecule has 0 N–H and O–H groups in total. The third-order valence-corrected chi connectivity index (χ3v) is 6.27. The Morgan fingerprint density at radius 1 is 1.23 bits per heavy atom. The maximum atomic E-state index is 14.3. The van der Waals surface area contributed by atoms with Crippen LogP contribution in [0.1, 0.15) is 17.3 Å². The van der Waals surface area contributed by atoms with Gasteiger partial charge in [-0.3, -0.25) is 9.59 Å². The summed E-state index contributed by atoms with van der Waals surface area (Å²) in [5, 5.41) is 0.344. The standard InChI is InChI=1S/C18H14ClF3O4/c1-15-8-7-11(26-15)16(18(20,21)22)12(14(24)25-2)17(15,16)13(23)9-3-5-10(19)6-4-9/h3-8,11-12H,1-2H3/t11-,12+,15+,16-,17-/m0/s1. The molecule has 1 aliphatic carbocycles. The molecule has 4 nitrogen and oxygen atoms in total. The summed E-state index contributed by atoms with van der Waals surface area (Å²) in [6.45, 7) is 1.41. The normalized spacial score (nSPS) is 39.6. The summed E-state index contributed by atoms with van der Waals surface area (Å²) < 4.78 is 52.9. The summed E-state index contributed by atoms with van der Waals surface area (Å²) in [5.74, 6) is -3.52. The van der Waals surface area contributed by atoms with Gasteiger partial charge < -0.3 is 9.47 Å². The highest BCUT2D eigenvalue weighted by molar-refractivity contribution is 6.30. The van der Waals surface area contributed by atoms with Crippen LogP contribution in [0.5, 0.6) is 0 Å². The Balaban J connectivity index is 1.95. The highest BCUT2D eigenvalue weighted by atomic mass is 35.5. The van der Waals surface area contributed by atoms with Gasteiger partial charge in [0.2, 0.25) is 0 Å². The van der Waals surface area contributed by atoms with Gasteiger partial charge in [0.15, 0.2) is 5.78 Å². The second-order valence-electron chi connectivity index (χ2n) is 6.97. The number of rotatable bonds is 3. The molecule has 2 aliphatic heterocycles. The minimum Gasteiger partial charge on any atom is -0.469 e. The predicted molar refractivity (Wildman–Crippen MR) is 84.6 cm³/mol. The second kappa shape index (κ2) is 4.89. The zero-order valence-corrected chi connectivity index (χ0v) is 14.5. The fourth-order valence-electron chi connectivity index (χ4n) is 5.07. The van der Waals surface area contributed by atoms with E-state index >= 15 is 0 Å². The Kier molecular flexibility index (Phi) is 3.30. The van der Waals surface area contributed by atoms with Crippen LogP contribution in [0.3, 0.4) is 0 Å². The van der Waals surface area contributed by atoms with Crippen LogP contribution in [-0.4, -0.2) is 36.7 Å². The molecule has 0 unspecified atom stereocenters. The van der Waals surface area contributed by atoms with Crippen molar-refractivity contribution in [2.24, 2.45) is 16.7 Å². The Hall–Kier alpha value is -1.86. The Morgan fingerprint density at radius 3 is 2.38 bits per heavy atom. The van der Waals surface area contributed by atoms with Gasteiger partial charge in [-0.1, -0.05) is 23.8 Å². The van der Waals surface area contributed by atoms with Crippen molar-refractivity contribution in [1.82, 2.24) is 0 Å². The van der Waals surface area contributed by atoms with Gasteiger partial charge in [-0.15, -0.1) is 0 Å². The molecular formula is C18H14ClF3O4. The molecule has 1 saturated heterocycles. The van der Waals surface area contributed by atoms with Crippen LogP contribution in [-0.2, 0) is 14.3 Å². The maximum absolute atomic E-state index is 14.3. The van der Waals surface area contributed by atoms with E-state index in [0.29, 0.717) is 5.02 Å². The number of halogens is 4. The van der Waals surface area contributed by atoms with Crippen LogP contribution >= 0.6 is 11.6 Å². The lowest BCUT2D eigenvalue weighted by Gasteiger charge is -2.30. The van der Waals surface area contributed by atoms with E-state index in [2.05, 4.69) is 4.74 Å². The molecule has 1 saturated carbocycles. The molecular weight excluding hydrogens is 373 g/mol. The van der Waals surface area contributed by atoms with Gasteiger partial charge in [0.05, 0.1) is 30.1 Å². The van der Waals surface area contributed by atoms with Gasteiger partial charge in [-0.25, -0.2) is 0 Å². The van der Waals surface area contributed by atoms with E-state index in [1.54, 1.807) is 0 Å². The SMILES string of the molecule is COC(=O)[C@@H]1[C@@]2(C(F)(F)F)[C@@H]3C=C[C@@](C)(O3)[C@@]12C(=O)c1ccc(Cl)cc1. The number of fused-ring (bicyclic) bond motifs is 5. The van der Waals surface area contributed by atoms with E-state index in [0.717, 1.165) is 7.11 Å². The molecule has 1 aromatic rings. The molecule has 5 atom stereocenters. The zero-order chi connectivity index (χ0) is 19.1. The van der Waals surface area contributed by atoms with Gasteiger partial charge >= 0.3 is 12.1 Å². The molecule has 26 heavy (non-hydrogen) atoms. The van der Waals surface area contributed by atoms with Gasteiger partial charge in [0, 0.05) is 10.6 Å². The third kappa shape index (κ3) is 1.62. The molecule has 138 valence electrons. The van der Waals surface area contributed by atoms with Crippen molar-refractivity contribution in [2.45, 2.75) is 24.8 Å². The molecule has 1 aromatic carbocycles. The number of ether oxygens (including phenoxy) is 2. The molecule has 2 bridgehead atoms. The summed E-state index contributed by atoms with van der Waals surface area (Å²) in [4.78, 5) is 25.7. The van der Waals surface area contributed by atoms with Gasteiger partial charge in [-0.05, 0) is 31.2 Å². The van der Waals surface area contributed by atoms with Crippen LogP contribution in [0.25, 0.3) is 0 Å². The number of methoxy groups -OCH3 is 1. The van der Waals surface area contributed by atoms with E-state index < -0.39 is 46.4 Å². The van der Waals surface area contributed by atoms with Crippen molar-refractivity contribution in [3.05, 3.63) is 47.0 Å². The quantitative estimate of drug-likeness (QED) is 0.452. The third-order valence-electron chi connectivity index (χ3n) is 6.02. The Labute approximate surface area is 151 Å². The number of carbonyl (C=O) groups excluding carboxylic acids is 2. The largest absolute Gasteiger partial charge is 0.469 e. The number of hydrogen-bond donors (Lipinski definition) is 0. The average molecular weight is 387 g/mol. The monoisotopic (exact) mass is 386 g/mol. The summed E-state index contributed by atoms with van der Waals surface area (Å²) in [5.41, 5.74) is -6.24. The van der Waals surface area contributed by atoms with Crippen LogP contribution in [0.4, 0.5) is 13.2 Å². The molecule has 0 amide bonds. The van der Waals surface area contributed by atoms with Crippen LogP contribution < -0.4 is 0 Å².